The smallest absolute Gasteiger partial charge is 0 e. The van der Waals surface area contributed by atoms with Crippen LogP contribution in [-0.4, -0.2) is 18.5 Å². The summed E-state index contributed by atoms with van der Waals surface area (Å²) in [5, 5.41) is 3.97. The van der Waals surface area contributed by atoms with E-state index in [4.69, 9.17) is 39.4 Å². The van der Waals surface area contributed by atoms with E-state index < -0.39 is 7.92 Å². The van der Waals surface area contributed by atoms with Crippen LogP contribution in [0.1, 0.15) is 31.9 Å². The van der Waals surface area contributed by atoms with E-state index in [0.29, 0.717) is 6.61 Å². The molecule has 0 saturated carbocycles. The van der Waals surface area contributed by atoms with Crippen LogP contribution >= 0.6 is 7.92 Å². The Balaban J connectivity index is -0.000000409. The van der Waals surface area contributed by atoms with Gasteiger partial charge in [0.05, 0.1) is 6.04 Å². The average Bonchev–Trinajstić information content (AvgIpc) is 3.66. The number of terminal acetylenes is 1. The largest absolute Gasteiger partial charge is 0 e. The number of ether oxygens (including phenoxy) is 1. The van der Waals surface area contributed by atoms with Gasteiger partial charge in [-0.15, -0.1) is 6.42 Å². The van der Waals surface area contributed by atoms with Crippen molar-refractivity contribution in [2.75, 3.05) is 6.61 Å². The summed E-state index contributed by atoms with van der Waals surface area (Å²) in [6.45, 7) is 29.8. The normalized spacial score (nSPS) is 11.3. The van der Waals surface area contributed by atoms with Crippen LogP contribution in [-0.2, 0) is 61.6 Å². The molecular formula is C38H32Co2NO6P. The number of benzene rings is 4. The fourth-order valence-electron chi connectivity index (χ4n) is 3.93. The molecule has 0 bridgehead atoms. The Morgan fingerprint density at radius 3 is 1.38 bits per heavy atom. The molecule has 0 spiro atoms. The van der Waals surface area contributed by atoms with Gasteiger partial charge in [-0.25, -0.2) is 4.99 Å². The molecular weight excluding hydrogens is 715 g/mol. The van der Waals surface area contributed by atoms with Crippen LogP contribution in [0, 0.1) is 51.0 Å². The number of aliphatic imine (C=N–C) groups is 1. The van der Waals surface area contributed by atoms with Gasteiger partial charge >= 0.3 is 56.5 Å². The average molecular weight is 748 g/mol. The number of hydrogen-bond acceptors (Lipinski definition) is 2. The quantitative estimate of drug-likeness (QED) is 0.106. The molecule has 4 aromatic rings. The summed E-state index contributed by atoms with van der Waals surface area (Å²) < 4.78 is 43.6. The van der Waals surface area contributed by atoms with Crippen molar-refractivity contribution in [3.8, 4) is 12.3 Å². The first kappa shape index (κ1) is 50.9. The second-order valence-corrected chi connectivity index (χ2v) is 11.8. The van der Waals surface area contributed by atoms with Gasteiger partial charge in [-0.2, -0.15) is 0 Å². The van der Waals surface area contributed by atoms with Crippen molar-refractivity contribution in [3.63, 3.8) is 0 Å². The van der Waals surface area contributed by atoms with Crippen molar-refractivity contribution in [2.45, 2.75) is 26.8 Å². The molecule has 7 nitrogen and oxygen atoms in total. The van der Waals surface area contributed by atoms with Crippen LogP contribution in [0.5, 0.6) is 0 Å². The van der Waals surface area contributed by atoms with E-state index in [1.165, 1.54) is 15.9 Å². The third-order valence-corrected chi connectivity index (χ3v) is 8.50. The number of nitrogens with zero attached hydrogens (tertiary/aromatic N) is 1. The Morgan fingerprint density at radius 2 is 1.02 bits per heavy atom. The van der Waals surface area contributed by atoms with E-state index in [9.17, 15) is 0 Å². The summed E-state index contributed by atoms with van der Waals surface area (Å²) in [5.74, 6) is 3.31. The van der Waals surface area contributed by atoms with Crippen molar-refractivity contribution in [1.82, 2.24) is 0 Å². The predicted octanol–water partition coefficient (Wildman–Crippen LogP) is 6.11. The van der Waals surface area contributed by atoms with Gasteiger partial charge in [-0.05, 0) is 47.4 Å². The van der Waals surface area contributed by atoms with Gasteiger partial charge < -0.3 is 4.74 Å². The monoisotopic (exact) mass is 747 g/mol. The molecule has 1 aliphatic rings. The first-order valence-corrected chi connectivity index (χ1v) is 14.6. The molecule has 0 aromatic heterocycles. The Kier molecular flexibility index (Phi) is 33.6. The molecule has 48 heavy (non-hydrogen) atoms. The van der Waals surface area contributed by atoms with Crippen molar-refractivity contribution in [1.29, 1.82) is 0 Å². The zero-order chi connectivity index (χ0) is 35.4. The van der Waals surface area contributed by atoms with E-state index >= 15 is 0 Å². The Hall–Kier alpha value is -3.95. The summed E-state index contributed by atoms with van der Waals surface area (Å²) in [5.41, 5.74) is 2.15. The van der Waals surface area contributed by atoms with Crippen molar-refractivity contribution >= 4 is 29.7 Å². The van der Waals surface area contributed by atoms with Crippen LogP contribution in [0.15, 0.2) is 120 Å². The molecule has 0 N–H and O–H groups in total. The zero-order valence-electron chi connectivity index (χ0n) is 26.3. The van der Waals surface area contributed by atoms with E-state index in [1.807, 2.05) is 30.3 Å². The maximum Gasteiger partial charge on any atom is 0 e. The summed E-state index contributed by atoms with van der Waals surface area (Å²) >= 11 is 0. The van der Waals surface area contributed by atoms with Gasteiger partial charge in [-0.3, -0.25) is 0 Å². The van der Waals surface area contributed by atoms with Crippen LogP contribution < -0.4 is 15.9 Å². The molecule has 0 saturated heterocycles. The first-order valence-electron chi connectivity index (χ1n) is 13.2. The van der Waals surface area contributed by atoms with Crippen LogP contribution in [0.25, 0.3) is 0 Å². The third-order valence-electron chi connectivity index (χ3n) is 6.00. The minimum absolute atomic E-state index is 0. The second kappa shape index (κ2) is 31.6. The predicted molar refractivity (Wildman–Crippen MR) is 175 cm³/mol. The van der Waals surface area contributed by atoms with Gasteiger partial charge in [0.25, 0.3) is 0 Å². The topological polar surface area (TPSA) is 121 Å². The molecule has 0 unspecified atom stereocenters. The van der Waals surface area contributed by atoms with Gasteiger partial charge in [0.1, 0.15) is 6.61 Å². The number of hydrogen-bond donors (Lipinski definition) is 0. The molecule has 0 fully saturated rings. The molecule has 1 aliphatic heterocycles. The summed E-state index contributed by atoms with van der Waals surface area (Å²) in [6, 6.07) is 39.9. The summed E-state index contributed by atoms with van der Waals surface area (Å²) in [6.07, 6.45) is 5.10. The Morgan fingerprint density at radius 1 is 0.646 bits per heavy atom. The Bertz CT molecular complexity index is 1500. The zero-order valence-corrected chi connectivity index (χ0v) is 29.3. The van der Waals surface area contributed by atoms with Gasteiger partial charge in [0, 0.05) is 44.7 Å². The molecule has 0 amide bonds. The maximum absolute atomic E-state index is 7.50. The van der Waals surface area contributed by atoms with Crippen LogP contribution in [0.3, 0.4) is 0 Å². The van der Waals surface area contributed by atoms with E-state index in [-0.39, 0.29) is 45.0 Å². The fourth-order valence-corrected chi connectivity index (χ4v) is 6.37. The van der Waals surface area contributed by atoms with Gasteiger partial charge in [0.15, 0.2) is 0 Å². The first-order chi connectivity index (χ1) is 22.5. The number of rotatable bonds is 4. The van der Waals surface area contributed by atoms with Gasteiger partial charge in [0.2, 0.25) is 5.90 Å². The SMILES string of the molecule is C#Cc1ccccc1.CC(C)(C)[C@H]1COC(c2ccccc2P(c2ccccc2)c2ccccc2)=N1.[C-]#[O+].[C-]#[O+].[C-]#[O+].[C-]#[O+].[C-]#[O+].[Co].[Co]. The van der Waals surface area contributed by atoms with E-state index in [1.54, 1.807) is 0 Å². The van der Waals surface area contributed by atoms with Crippen LogP contribution in [0.2, 0.25) is 0 Å². The van der Waals surface area contributed by atoms with Crippen LogP contribution in [0.4, 0.5) is 0 Å². The molecule has 2 radical (unpaired) electrons. The summed E-state index contributed by atoms with van der Waals surface area (Å²) in [7, 11) is -0.686. The van der Waals surface area contributed by atoms with E-state index in [2.05, 4.69) is 145 Å². The molecule has 0 aliphatic carbocycles. The molecule has 4 aromatic carbocycles. The fraction of sp³-hybridized carbons (Fsp3) is 0.158. The van der Waals surface area contributed by atoms with E-state index in [0.717, 1.165) is 17.0 Å². The standard InChI is InChI=1S/C25H26NOP.C8H6.5CO.2Co/c1-25(2,3)23-18-27-24(26-23)21-16-10-11-17-22(21)28(19-12-6-4-7-13-19)20-14-8-5-9-15-20;1-2-8-6-4-3-5-7-8;5*1-2;;/h4-17,23H,18H2,1-3H3;1,3-7H;;;;;;;/t23-;;;;;;;;/m1......../s1. The van der Waals surface area contributed by atoms with Crippen molar-refractivity contribution in [2.24, 2.45) is 10.4 Å². The minimum Gasteiger partial charge on any atom is 0 e. The summed E-state index contributed by atoms with van der Waals surface area (Å²) in [4.78, 5) is 4.96. The van der Waals surface area contributed by atoms with Gasteiger partial charge in [-0.1, -0.05) is 124 Å². The molecule has 10 heteroatoms. The maximum atomic E-state index is 7.50. The molecule has 1 heterocycles. The van der Waals surface area contributed by atoms with Crippen molar-refractivity contribution < 1.29 is 61.6 Å². The minimum atomic E-state index is -0.686. The third kappa shape index (κ3) is 17.3. The molecule has 248 valence electrons. The van der Waals surface area contributed by atoms with Crippen molar-refractivity contribution in [3.05, 3.63) is 160 Å². The Labute approximate surface area is 305 Å². The molecule has 1 atom stereocenters. The second-order valence-electron chi connectivity index (χ2n) is 9.66. The molecule has 5 rings (SSSR count).